The van der Waals surface area contributed by atoms with Crippen LogP contribution in [0.4, 0.5) is 0 Å². The van der Waals surface area contributed by atoms with E-state index in [1.807, 2.05) is 42.5 Å². The van der Waals surface area contributed by atoms with Gasteiger partial charge in [-0.2, -0.15) is 5.26 Å². The molecule has 1 aliphatic rings. The van der Waals surface area contributed by atoms with Crippen LogP contribution < -0.4 is 0 Å². The third-order valence-electron chi connectivity index (χ3n) is 3.63. The van der Waals surface area contributed by atoms with Crippen LogP contribution >= 0.6 is 11.6 Å². The summed E-state index contributed by atoms with van der Waals surface area (Å²) in [4.78, 5) is 4.58. The number of rotatable bonds is 2. The highest BCUT2D eigenvalue weighted by molar-refractivity contribution is 6.30. The average molecular weight is 281 g/mol. The van der Waals surface area contributed by atoms with Crippen molar-refractivity contribution in [1.29, 1.82) is 5.26 Å². The van der Waals surface area contributed by atoms with Crippen molar-refractivity contribution in [2.75, 3.05) is 0 Å². The molecule has 1 heterocycles. The molecule has 0 unspecified atom stereocenters. The maximum absolute atomic E-state index is 9.33. The Morgan fingerprint density at radius 2 is 1.75 bits per heavy atom. The van der Waals surface area contributed by atoms with Crippen molar-refractivity contribution < 1.29 is 0 Å². The first-order chi connectivity index (χ1) is 9.78. The van der Waals surface area contributed by atoms with Gasteiger partial charge in [-0.05, 0) is 29.7 Å². The molecule has 0 radical (unpaired) electrons. The molecule has 2 nitrogen and oxygen atoms in total. The molecule has 2 atom stereocenters. The zero-order valence-electron chi connectivity index (χ0n) is 10.8. The monoisotopic (exact) mass is 280 g/mol. The molecule has 0 saturated heterocycles. The number of nitriles is 1. The minimum absolute atomic E-state index is 0.145. The van der Waals surface area contributed by atoms with Gasteiger partial charge in [-0.3, -0.25) is 4.99 Å². The third-order valence-corrected chi connectivity index (χ3v) is 3.88. The maximum atomic E-state index is 9.33. The molecular weight excluding hydrogens is 268 g/mol. The van der Waals surface area contributed by atoms with Crippen LogP contribution in [0.5, 0.6) is 0 Å². The quantitative estimate of drug-likeness (QED) is 0.812. The summed E-state index contributed by atoms with van der Waals surface area (Å²) in [5, 5.41) is 10.0. The molecule has 2 aromatic carbocycles. The van der Waals surface area contributed by atoms with E-state index in [1.54, 1.807) is 0 Å². The number of benzene rings is 2. The van der Waals surface area contributed by atoms with Crippen LogP contribution in [0.3, 0.4) is 0 Å². The summed E-state index contributed by atoms with van der Waals surface area (Å²) < 4.78 is 0. The summed E-state index contributed by atoms with van der Waals surface area (Å²) in [7, 11) is 0. The van der Waals surface area contributed by atoms with Crippen molar-refractivity contribution in [3.8, 4) is 6.07 Å². The topological polar surface area (TPSA) is 36.1 Å². The van der Waals surface area contributed by atoms with Crippen molar-refractivity contribution in [3.05, 3.63) is 70.7 Å². The van der Waals surface area contributed by atoms with Crippen LogP contribution in [0, 0.1) is 11.3 Å². The molecule has 1 aliphatic heterocycles. The Hall–Kier alpha value is -2.11. The fraction of sp³-hybridized carbons (Fsp3) is 0.176. The molecule has 0 N–H and O–H groups in total. The van der Waals surface area contributed by atoms with E-state index in [0.29, 0.717) is 5.02 Å². The second-order valence-electron chi connectivity index (χ2n) is 4.88. The average Bonchev–Trinajstić information content (AvgIpc) is 2.93. The minimum Gasteiger partial charge on any atom is -0.270 e. The predicted octanol–water partition coefficient (Wildman–Crippen LogP) is 4.21. The molecule has 2 aromatic rings. The smallest absolute Gasteiger partial charge is 0.144 e. The normalized spacial score (nSPS) is 21.3. The highest BCUT2D eigenvalue weighted by Gasteiger charge is 2.30. The maximum Gasteiger partial charge on any atom is 0.144 e. The number of hydrogen-bond donors (Lipinski definition) is 0. The van der Waals surface area contributed by atoms with E-state index in [-0.39, 0.29) is 12.0 Å². The molecule has 3 rings (SSSR count). The Bertz CT molecular complexity index is 668. The summed E-state index contributed by atoms with van der Waals surface area (Å²) >= 11 is 5.91. The molecular formula is C17H13ClN2. The number of hydrogen-bond acceptors (Lipinski definition) is 2. The second-order valence-corrected chi connectivity index (χ2v) is 5.31. The summed E-state index contributed by atoms with van der Waals surface area (Å²) in [5.41, 5.74) is 3.21. The van der Waals surface area contributed by atoms with Gasteiger partial charge in [0.1, 0.15) is 6.04 Å². The Balaban J connectivity index is 1.90. The van der Waals surface area contributed by atoms with E-state index in [0.717, 1.165) is 17.7 Å². The lowest BCUT2D eigenvalue weighted by Crippen LogP contribution is -2.09. The van der Waals surface area contributed by atoms with Crippen LogP contribution in [-0.2, 0) is 0 Å². The summed E-state index contributed by atoms with van der Waals surface area (Å²) in [6.45, 7) is 0. The van der Waals surface area contributed by atoms with Gasteiger partial charge in [-0.25, -0.2) is 0 Å². The van der Waals surface area contributed by atoms with Crippen LogP contribution in [0.2, 0.25) is 5.02 Å². The lowest BCUT2D eigenvalue weighted by molar-refractivity contribution is 0.687. The Morgan fingerprint density at radius 1 is 1.05 bits per heavy atom. The van der Waals surface area contributed by atoms with Crippen LogP contribution in [-0.4, -0.2) is 11.8 Å². The van der Waals surface area contributed by atoms with E-state index < -0.39 is 0 Å². The molecule has 0 aromatic heterocycles. The first-order valence-electron chi connectivity index (χ1n) is 6.55. The van der Waals surface area contributed by atoms with Gasteiger partial charge < -0.3 is 0 Å². The van der Waals surface area contributed by atoms with E-state index in [1.165, 1.54) is 5.56 Å². The molecule has 0 aliphatic carbocycles. The largest absolute Gasteiger partial charge is 0.270 e. The zero-order chi connectivity index (χ0) is 13.9. The van der Waals surface area contributed by atoms with Crippen LogP contribution in [0.1, 0.15) is 23.5 Å². The zero-order valence-corrected chi connectivity index (χ0v) is 11.6. The van der Waals surface area contributed by atoms with Gasteiger partial charge in [0.25, 0.3) is 0 Å². The van der Waals surface area contributed by atoms with Crippen LogP contribution in [0.15, 0.2) is 59.6 Å². The van der Waals surface area contributed by atoms with Gasteiger partial charge in [-0.15, -0.1) is 0 Å². The highest BCUT2D eigenvalue weighted by atomic mass is 35.5. The van der Waals surface area contributed by atoms with Crippen molar-refractivity contribution in [1.82, 2.24) is 0 Å². The van der Waals surface area contributed by atoms with Crippen molar-refractivity contribution in [2.24, 2.45) is 4.99 Å². The lowest BCUT2D eigenvalue weighted by Gasteiger charge is -2.12. The van der Waals surface area contributed by atoms with Gasteiger partial charge in [0.05, 0.1) is 6.07 Å². The summed E-state index contributed by atoms with van der Waals surface area (Å²) in [5.74, 6) is 0.145. The summed E-state index contributed by atoms with van der Waals surface area (Å²) in [6.07, 6.45) is 0.796. The molecule has 0 fully saturated rings. The van der Waals surface area contributed by atoms with Gasteiger partial charge in [-0.1, -0.05) is 54.1 Å². The van der Waals surface area contributed by atoms with E-state index in [4.69, 9.17) is 11.6 Å². The fourth-order valence-corrected chi connectivity index (χ4v) is 2.71. The van der Waals surface area contributed by atoms with Crippen molar-refractivity contribution >= 4 is 17.3 Å². The number of halogens is 1. The molecule has 20 heavy (non-hydrogen) atoms. The van der Waals surface area contributed by atoms with Crippen LogP contribution in [0.25, 0.3) is 0 Å². The highest BCUT2D eigenvalue weighted by Crippen LogP contribution is 2.33. The van der Waals surface area contributed by atoms with E-state index in [9.17, 15) is 5.26 Å². The van der Waals surface area contributed by atoms with Gasteiger partial charge in [0.2, 0.25) is 0 Å². The van der Waals surface area contributed by atoms with Crippen molar-refractivity contribution in [3.63, 3.8) is 0 Å². The van der Waals surface area contributed by atoms with E-state index in [2.05, 4.69) is 23.2 Å². The lowest BCUT2D eigenvalue weighted by atomic mass is 9.90. The molecule has 0 spiro atoms. The minimum atomic E-state index is -0.303. The molecule has 0 saturated carbocycles. The van der Waals surface area contributed by atoms with Crippen molar-refractivity contribution in [2.45, 2.75) is 18.4 Å². The number of nitrogens with zero attached hydrogens (tertiary/aromatic N) is 2. The Labute approximate surface area is 123 Å². The molecule has 0 amide bonds. The number of aliphatic imine (C=N–C) groups is 1. The first-order valence-corrected chi connectivity index (χ1v) is 6.93. The predicted molar refractivity (Wildman–Crippen MR) is 81.2 cm³/mol. The van der Waals surface area contributed by atoms with Gasteiger partial charge in [0.15, 0.2) is 0 Å². The molecule has 3 heteroatoms. The first kappa shape index (κ1) is 12.9. The fourth-order valence-electron chi connectivity index (χ4n) is 2.58. The van der Waals surface area contributed by atoms with Gasteiger partial charge >= 0.3 is 0 Å². The molecule has 0 bridgehead atoms. The Morgan fingerprint density at radius 3 is 2.40 bits per heavy atom. The SMILES string of the molecule is N#C[C@@H]1N=C(c2ccc(Cl)cc2)C[C@H]1c1ccccc1. The standard InChI is InChI=1S/C17H13ClN2/c18-14-8-6-13(7-9-14)16-10-15(17(11-19)20-16)12-4-2-1-3-5-12/h1-9,15,17H,10H2/t15-,17-/m0/s1. The summed E-state index contributed by atoms with van der Waals surface area (Å²) in [6, 6.07) is 19.8. The van der Waals surface area contributed by atoms with E-state index >= 15 is 0 Å². The third kappa shape index (κ3) is 2.45. The molecule has 98 valence electrons. The second kappa shape index (κ2) is 5.48. The van der Waals surface area contributed by atoms with Gasteiger partial charge in [0, 0.05) is 16.7 Å². The Kier molecular flexibility index (Phi) is 3.54.